The molecule has 0 N–H and O–H groups in total. The smallest absolute Gasteiger partial charge is 0.258 e. The molecule has 2 aliphatic carbocycles. The number of fused-ring (bicyclic) bond motifs is 6. The molecule has 0 spiro atoms. The highest BCUT2D eigenvalue weighted by molar-refractivity contribution is 8.76. The predicted octanol–water partition coefficient (Wildman–Crippen LogP) is 7.44. The maximum atomic E-state index is 11.9. The Kier molecular flexibility index (Phi) is 4.93. The molecule has 4 aromatic carbocycles. The summed E-state index contributed by atoms with van der Waals surface area (Å²) in [5, 5.41) is 23.8. The van der Waals surface area contributed by atoms with Gasteiger partial charge in [-0.15, -0.1) is 0 Å². The van der Waals surface area contributed by atoms with E-state index in [0.717, 1.165) is 44.5 Å². The molecule has 6 nitrogen and oxygen atoms in total. The molecule has 0 unspecified atom stereocenters. The Bertz CT molecular complexity index is 1420. The van der Waals surface area contributed by atoms with E-state index in [1.54, 1.807) is 12.1 Å². The predicted molar refractivity (Wildman–Crippen MR) is 134 cm³/mol. The van der Waals surface area contributed by atoms with Crippen LogP contribution in [0.2, 0.25) is 0 Å². The number of hydrogen-bond donors (Lipinski definition) is 0. The fourth-order valence-corrected chi connectivity index (χ4v) is 7.70. The standard InChI is InChI=1S/C26H16N2O4S2/c29-27(30)23-11-9-19-17-7-3-1-5-15(17)13-21(19)25(23)33-34-26-22-14-16-6-2-4-8-18(16)20(22)10-12-24(26)28(31)32/h1-12H,13-14H2. The SMILES string of the molecule is O=[N+]([O-])c1ccc2c(c1SSc1c([N+](=O)[O-])ccc3c1Cc1ccccc1-3)Cc1ccccc1-2. The molecule has 4 aromatic rings. The van der Waals surface area contributed by atoms with Gasteiger partial charge in [0.2, 0.25) is 0 Å². The molecule has 6 rings (SSSR count). The third kappa shape index (κ3) is 3.21. The third-order valence-corrected chi connectivity index (χ3v) is 9.01. The summed E-state index contributed by atoms with van der Waals surface area (Å²) in [6.07, 6.45) is 1.22. The average Bonchev–Trinajstić information content (AvgIpc) is 3.40. The van der Waals surface area contributed by atoms with Crippen molar-refractivity contribution < 1.29 is 9.85 Å². The summed E-state index contributed by atoms with van der Waals surface area (Å²) in [6.45, 7) is 0. The van der Waals surface area contributed by atoms with Crippen LogP contribution in [-0.2, 0) is 12.8 Å². The fraction of sp³-hybridized carbons (Fsp3) is 0.0769. The number of nitro groups is 2. The lowest BCUT2D eigenvalue weighted by molar-refractivity contribution is -0.388. The summed E-state index contributed by atoms with van der Waals surface area (Å²) in [6, 6.07) is 22.7. The molecule has 0 bridgehead atoms. The molecular weight excluding hydrogens is 468 g/mol. The minimum Gasteiger partial charge on any atom is -0.258 e. The molecule has 0 heterocycles. The van der Waals surface area contributed by atoms with Gasteiger partial charge >= 0.3 is 0 Å². The summed E-state index contributed by atoms with van der Waals surface area (Å²) in [5.74, 6) is 0. The number of hydrogen-bond acceptors (Lipinski definition) is 6. The van der Waals surface area contributed by atoms with Gasteiger partial charge in [0.1, 0.15) is 9.79 Å². The summed E-state index contributed by atoms with van der Waals surface area (Å²) < 4.78 is 0. The Hall–Kier alpha value is -3.62. The van der Waals surface area contributed by atoms with Gasteiger partial charge in [-0.2, -0.15) is 0 Å². The van der Waals surface area contributed by atoms with E-state index in [2.05, 4.69) is 0 Å². The summed E-state index contributed by atoms with van der Waals surface area (Å²) in [7, 11) is 2.50. The van der Waals surface area contributed by atoms with Gasteiger partial charge < -0.3 is 0 Å². The van der Waals surface area contributed by atoms with Crippen molar-refractivity contribution in [3.63, 3.8) is 0 Å². The summed E-state index contributed by atoms with van der Waals surface area (Å²) >= 11 is 0. The Morgan fingerprint density at radius 2 is 0.971 bits per heavy atom. The molecule has 2 aliphatic rings. The fourth-order valence-electron chi connectivity index (χ4n) is 4.90. The largest absolute Gasteiger partial charge is 0.284 e. The van der Waals surface area contributed by atoms with Crippen LogP contribution >= 0.6 is 21.6 Å². The maximum Gasteiger partial charge on any atom is 0.284 e. The molecule has 0 amide bonds. The van der Waals surface area contributed by atoms with Crippen molar-refractivity contribution in [3.8, 4) is 22.3 Å². The molecule has 0 radical (unpaired) electrons. The third-order valence-electron chi connectivity index (χ3n) is 6.43. The number of benzene rings is 4. The molecule has 0 saturated heterocycles. The zero-order chi connectivity index (χ0) is 23.4. The van der Waals surface area contributed by atoms with E-state index >= 15 is 0 Å². The molecule has 34 heavy (non-hydrogen) atoms. The Morgan fingerprint density at radius 3 is 1.38 bits per heavy atom. The molecule has 8 heteroatoms. The van der Waals surface area contributed by atoms with Crippen LogP contribution in [0.1, 0.15) is 22.3 Å². The van der Waals surface area contributed by atoms with Crippen molar-refractivity contribution in [2.24, 2.45) is 0 Å². The van der Waals surface area contributed by atoms with Gasteiger partial charge in [0, 0.05) is 25.0 Å². The first-order valence-electron chi connectivity index (χ1n) is 10.6. The molecule has 166 valence electrons. The topological polar surface area (TPSA) is 86.3 Å². The average molecular weight is 485 g/mol. The van der Waals surface area contributed by atoms with Crippen LogP contribution in [-0.4, -0.2) is 9.85 Å². The van der Waals surface area contributed by atoms with Crippen molar-refractivity contribution in [3.05, 3.63) is 115 Å². The maximum absolute atomic E-state index is 11.9. The van der Waals surface area contributed by atoms with Crippen molar-refractivity contribution in [1.82, 2.24) is 0 Å². The minimum atomic E-state index is -0.369. The van der Waals surface area contributed by atoms with Crippen molar-refractivity contribution in [2.45, 2.75) is 22.6 Å². The second-order valence-electron chi connectivity index (χ2n) is 8.23. The van der Waals surface area contributed by atoms with Crippen molar-refractivity contribution in [1.29, 1.82) is 0 Å². The van der Waals surface area contributed by atoms with Gasteiger partial charge in [-0.25, -0.2) is 0 Å². The van der Waals surface area contributed by atoms with E-state index in [1.165, 1.54) is 21.6 Å². The summed E-state index contributed by atoms with van der Waals surface area (Å²) in [5.41, 5.74) is 8.29. The van der Waals surface area contributed by atoms with Crippen LogP contribution < -0.4 is 0 Å². The highest BCUT2D eigenvalue weighted by Gasteiger charge is 2.31. The van der Waals surface area contributed by atoms with Gasteiger partial charge in [-0.1, -0.05) is 48.5 Å². The van der Waals surface area contributed by atoms with E-state index in [-0.39, 0.29) is 21.2 Å². The van der Waals surface area contributed by atoms with Gasteiger partial charge in [0.05, 0.1) is 9.85 Å². The zero-order valence-corrected chi connectivity index (χ0v) is 19.3. The highest BCUT2D eigenvalue weighted by atomic mass is 33.1. The molecule has 0 aliphatic heterocycles. The zero-order valence-electron chi connectivity index (χ0n) is 17.7. The number of nitrogens with zero attached hydrogens (tertiary/aromatic N) is 2. The quantitative estimate of drug-likeness (QED) is 0.144. The first kappa shape index (κ1) is 20.9. The van der Waals surface area contributed by atoms with E-state index < -0.39 is 0 Å². The van der Waals surface area contributed by atoms with Gasteiger partial charge in [-0.05, 0) is 78.2 Å². The Balaban J connectivity index is 1.44. The van der Waals surface area contributed by atoms with E-state index in [9.17, 15) is 20.2 Å². The lowest BCUT2D eigenvalue weighted by Crippen LogP contribution is -1.96. The number of nitro benzene ring substituents is 2. The van der Waals surface area contributed by atoms with Crippen molar-refractivity contribution in [2.75, 3.05) is 0 Å². The Labute approximate surface area is 202 Å². The normalized spacial score (nSPS) is 12.6. The van der Waals surface area contributed by atoms with Crippen LogP contribution in [0.4, 0.5) is 11.4 Å². The first-order chi connectivity index (χ1) is 16.5. The van der Waals surface area contributed by atoms with Crippen molar-refractivity contribution >= 4 is 33.0 Å². The molecule has 0 atom stereocenters. The first-order valence-corrected chi connectivity index (χ1v) is 12.8. The lowest BCUT2D eigenvalue weighted by Gasteiger charge is -2.11. The summed E-state index contributed by atoms with van der Waals surface area (Å²) in [4.78, 5) is 24.2. The molecular formula is C26H16N2O4S2. The van der Waals surface area contributed by atoms with Crippen LogP contribution in [0, 0.1) is 20.2 Å². The molecule has 0 saturated carbocycles. The van der Waals surface area contributed by atoms with Crippen LogP contribution in [0.25, 0.3) is 22.3 Å². The molecule has 0 aromatic heterocycles. The van der Waals surface area contributed by atoms with Crippen LogP contribution in [0.3, 0.4) is 0 Å². The van der Waals surface area contributed by atoms with Gasteiger partial charge in [0.25, 0.3) is 11.4 Å². The monoisotopic (exact) mass is 484 g/mol. The van der Waals surface area contributed by atoms with Crippen LogP contribution in [0.5, 0.6) is 0 Å². The van der Waals surface area contributed by atoms with E-state index in [0.29, 0.717) is 22.6 Å². The van der Waals surface area contributed by atoms with Gasteiger partial charge in [0.15, 0.2) is 0 Å². The van der Waals surface area contributed by atoms with Crippen LogP contribution in [0.15, 0.2) is 82.6 Å². The second kappa shape index (κ2) is 8.00. The van der Waals surface area contributed by atoms with E-state index in [4.69, 9.17) is 0 Å². The molecule has 0 fully saturated rings. The Morgan fingerprint density at radius 1 is 0.559 bits per heavy atom. The number of rotatable bonds is 5. The highest BCUT2D eigenvalue weighted by Crippen LogP contribution is 2.54. The lowest BCUT2D eigenvalue weighted by atomic mass is 10.1. The second-order valence-corrected chi connectivity index (χ2v) is 10.4. The van der Waals surface area contributed by atoms with E-state index in [1.807, 2.05) is 60.7 Å². The minimum absolute atomic E-state index is 0.0302. The van der Waals surface area contributed by atoms with Gasteiger partial charge in [-0.3, -0.25) is 20.2 Å².